The van der Waals surface area contributed by atoms with Gasteiger partial charge in [0.2, 0.25) is 5.90 Å². The predicted octanol–water partition coefficient (Wildman–Crippen LogP) is 1.53. The fourth-order valence-corrected chi connectivity index (χ4v) is 1.63. The second-order valence-electron chi connectivity index (χ2n) is 3.02. The quantitative estimate of drug-likeness (QED) is 0.326. The lowest BCUT2D eigenvalue weighted by Crippen LogP contribution is -2.23. The predicted molar refractivity (Wildman–Crippen MR) is 40.6 cm³/mol. The third kappa shape index (κ3) is 1.11. The summed E-state index contributed by atoms with van der Waals surface area (Å²) >= 11 is 0. The van der Waals surface area contributed by atoms with E-state index in [4.69, 9.17) is 9.94 Å². The molecule has 1 aliphatic carbocycles. The molecule has 2 aliphatic heterocycles. The molecule has 3 aliphatic rings. The SMILES string of the molecule is ON=C1OC2C=CC1CCC2. The van der Waals surface area contributed by atoms with Gasteiger partial charge in [-0.2, -0.15) is 0 Å². The topological polar surface area (TPSA) is 41.8 Å². The number of fused-ring (bicyclic) bond motifs is 3. The normalized spacial score (nSPS) is 38.7. The van der Waals surface area contributed by atoms with Gasteiger partial charge < -0.3 is 9.94 Å². The van der Waals surface area contributed by atoms with Crippen molar-refractivity contribution in [1.29, 1.82) is 0 Å². The fourth-order valence-electron chi connectivity index (χ4n) is 1.63. The fraction of sp³-hybridized carbons (Fsp3) is 0.625. The van der Waals surface area contributed by atoms with Gasteiger partial charge in [0.15, 0.2) is 0 Å². The minimum Gasteiger partial charge on any atom is -0.471 e. The van der Waals surface area contributed by atoms with Crippen LogP contribution >= 0.6 is 0 Å². The summed E-state index contributed by atoms with van der Waals surface area (Å²) in [5.41, 5.74) is 0. The lowest BCUT2D eigenvalue weighted by molar-refractivity contribution is 0.195. The molecular weight excluding hydrogens is 142 g/mol. The minimum absolute atomic E-state index is 0.152. The Bertz CT molecular complexity index is 210. The Hall–Kier alpha value is -0.990. The number of oxime groups is 1. The van der Waals surface area contributed by atoms with Crippen LogP contribution in [-0.2, 0) is 4.74 Å². The molecule has 2 unspecified atom stereocenters. The molecule has 2 atom stereocenters. The first kappa shape index (κ1) is 6.70. The van der Waals surface area contributed by atoms with E-state index in [0.717, 1.165) is 19.3 Å². The minimum atomic E-state index is 0.152. The van der Waals surface area contributed by atoms with Crippen LogP contribution in [0.15, 0.2) is 17.3 Å². The molecule has 3 heteroatoms. The second-order valence-corrected chi connectivity index (χ2v) is 3.02. The molecule has 3 rings (SSSR count). The van der Waals surface area contributed by atoms with Crippen molar-refractivity contribution in [2.75, 3.05) is 0 Å². The third-order valence-corrected chi connectivity index (χ3v) is 2.25. The van der Waals surface area contributed by atoms with Crippen LogP contribution in [0, 0.1) is 5.92 Å². The van der Waals surface area contributed by atoms with Crippen molar-refractivity contribution in [3.05, 3.63) is 12.2 Å². The molecule has 0 spiro atoms. The first-order valence-electron chi connectivity index (χ1n) is 3.97. The van der Waals surface area contributed by atoms with Gasteiger partial charge >= 0.3 is 0 Å². The van der Waals surface area contributed by atoms with Gasteiger partial charge in [-0.25, -0.2) is 0 Å². The Morgan fingerprint density at radius 2 is 2.36 bits per heavy atom. The van der Waals surface area contributed by atoms with Crippen molar-refractivity contribution in [1.82, 2.24) is 0 Å². The molecule has 1 N–H and O–H groups in total. The summed E-state index contributed by atoms with van der Waals surface area (Å²) in [6.07, 6.45) is 7.54. The first-order valence-corrected chi connectivity index (χ1v) is 3.97. The molecule has 2 heterocycles. The van der Waals surface area contributed by atoms with Crippen molar-refractivity contribution < 1.29 is 9.94 Å². The summed E-state index contributed by atoms with van der Waals surface area (Å²) in [5.74, 6) is 0.716. The molecule has 1 fully saturated rings. The largest absolute Gasteiger partial charge is 0.471 e. The zero-order valence-corrected chi connectivity index (χ0v) is 6.23. The molecule has 3 nitrogen and oxygen atoms in total. The molecule has 2 bridgehead atoms. The van der Waals surface area contributed by atoms with E-state index >= 15 is 0 Å². The van der Waals surface area contributed by atoms with Gasteiger partial charge in [0.05, 0.1) is 5.92 Å². The van der Waals surface area contributed by atoms with Crippen LogP contribution in [0.3, 0.4) is 0 Å². The van der Waals surface area contributed by atoms with Crippen LogP contribution in [0.25, 0.3) is 0 Å². The van der Waals surface area contributed by atoms with Crippen molar-refractivity contribution in [2.45, 2.75) is 25.4 Å². The highest BCUT2D eigenvalue weighted by molar-refractivity contribution is 5.81. The Morgan fingerprint density at radius 3 is 3.18 bits per heavy atom. The van der Waals surface area contributed by atoms with Crippen LogP contribution in [0.4, 0.5) is 0 Å². The van der Waals surface area contributed by atoms with E-state index in [1.165, 1.54) is 0 Å². The van der Waals surface area contributed by atoms with E-state index in [9.17, 15) is 0 Å². The van der Waals surface area contributed by atoms with Gasteiger partial charge in [-0.05, 0) is 25.3 Å². The molecule has 0 radical (unpaired) electrons. The Labute approximate surface area is 65.3 Å². The summed E-state index contributed by atoms with van der Waals surface area (Å²) in [5, 5.41) is 11.7. The summed E-state index contributed by atoms with van der Waals surface area (Å²) in [7, 11) is 0. The molecule has 0 aromatic heterocycles. The zero-order valence-electron chi connectivity index (χ0n) is 6.23. The van der Waals surface area contributed by atoms with E-state index in [2.05, 4.69) is 17.3 Å². The van der Waals surface area contributed by atoms with E-state index in [0.29, 0.717) is 5.90 Å². The van der Waals surface area contributed by atoms with Gasteiger partial charge in [0, 0.05) is 0 Å². The molecule has 60 valence electrons. The van der Waals surface area contributed by atoms with Crippen LogP contribution in [-0.4, -0.2) is 17.2 Å². The maximum atomic E-state index is 8.57. The number of hydrogen-bond acceptors (Lipinski definition) is 3. The average Bonchev–Trinajstić information content (AvgIpc) is 2.37. The highest BCUT2D eigenvalue weighted by atomic mass is 16.5. The monoisotopic (exact) mass is 153 g/mol. The summed E-state index contributed by atoms with van der Waals surface area (Å²) < 4.78 is 5.37. The van der Waals surface area contributed by atoms with E-state index in [1.54, 1.807) is 0 Å². The summed E-state index contributed by atoms with van der Waals surface area (Å²) in [6.45, 7) is 0. The molecule has 1 saturated heterocycles. The van der Waals surface area contributed by atoms with Crippen molar-refractivity contribution in [3.63, 3.8) is 0 Å². The molecule has 11 heavy (non-hydrogen) atoms. The Balaban J connectivity index is 2.26. The average molecular weight is 153 g/mol. The van der Waals surface area contributed by atoms with Gasteiger partial charge in [-0.15, -0.1) is 0 Å². The van der Waals surface area contributed by atoms with E-state index in [-0.39, 0.29) is 12.0 Å². The number of ether oxygens (including phenoxy) is 1. The van der Waals surface area contributed by atoms with Gasteiger partial charge in [-0.1, -0.05) is 11.2 Å². The molecule has 0 amide bonds. The van der Waals surface area contributed by atoms with Gasteiger partial charge in [-0.3, -0.25) is 0 Å². The Morgan fingerprint density at radius 1 is 1.45 bits per heavy atom. The lowest BCUT2D eigenvalue weighted by atomic mass is 10.0. The summed E-state index contributed by atoms with van der Waals surface area (Å²) in [4.78, 5) is 0. The van der Waals surface area contributed by atoms with Crippen LogP contribution in [0.2, 0.25) is 0 Å². The summed E-state index contributed by atoms with van der Waals surface area (Å²) in [6, 6.07) is 0. The maximum absolute atomic E-state index is 8.57. The Kier molecular flexibility index (Phi) is 1.56. The zero-order chi connectivity index (χ0) is 7.68. The van der Waals surface area contributed by atoms with Crippen molar-refractivity contribution in [2.24, 2.45) is 11.1 Å². The van der Waals surface area contributed by atoms with E-state index < -0.39 is 0 Å². The smallest absolute Gasteiger partial charge is 0.233 e. The van der Waals surface area contributed by atoms with Crippen LogP contribution in [0.5, 0.6) is 0 Å². The highest BCUT2D eigenvalue weighted by Gasteiger charge is 2.27. The van der Waals surface area contributed by atoms with Crippen LogP contribution < -0.4 is 0 Å². The molecular formula is C8H11NO2. The van der Waals surface area contributed by atoms with E-state index in [1.807, 2.05) is 0 Å². The lowest BCUT2D eigenvalue weighted by Gasteiger charge is -2.19. The third-order valence-electron chi connectivity index (χ3n) is 2.25. The number of nitrogens with zero attached hydrogens (tertiary/aromatic N) is 1. The standard InChI is InChI=1S/C8H11NO2/c10-9-8-6-2-1-3-7(11-8)5-4-6/h4-7,10H,1-3H2. The second kappa shape index (κ2) is 2.57. The first-order chi connectivity index (χ1) is 5.40. The van der Waals surface area contributed by atoms with Gasteiger partial charge in [0.25, 0.3) is 0 Å². The molecule has 0 aromatic rings. The molecule has 0 aromatic carbocycles. The van der Waals surface area contributed by atoms with Crippen molar-refractivity contribution >= 4 is 5.90 Å². The van der Waals surface area contributed by atoms with Gasteiger partial charge in [0.1, 0.15) is 6.10 Å². The maximum Gasteiger partial charge on any atom is 0.233 e. The van der Waals surface area contributed by atoms with Crippen molar-refractivity contribution in [3.8, 4) is 0 Å². The molecule has 0 saturated carbocycles. The highest BCUT2D eigenvalue weighted by Crippen LogP contribution is 2.27. The number of hydrogen-bond donors (Lipinski definition) is 1. The van der Waals surface area contributed by atoms with Crippen LogP contribution in [0.1, 0.15) is 19.3 Å². The number of rotatable bonds is 0.